The van der Waals surface area contributed by atoms with Crippen molar-refractivity contribution in [1.29, 1.82) is 0 Å². The van der Waals surface area contributed by atoms with Gasteiger partial charge in [-0.1, -0.05) is 35.6 Å². The third-order valence-corrected chi connectivity index (χ3v) is 2.68. The molecule has 0 amide bonds. The van der Waals surface area contributed by atoms with E-state index in [1.807, 2.05) is 24.3 Å². The predicted molar refractivity (Wildman–Crippen MR) is 77.0 cm³/mol. The van der Waals surface area contributed by atoms with Crippen molar-refractivity contribution in [3.63, 3.8) is 0 Å². The zero-order chi connectivity index (χ0) is 14.5. The number of rotatable bonds is 4. The van der Waals surface area contributed by atoms with Crippen molar-refractivity contribution in [3.8, 4) is 11.1 Å². The van der Waals surface area contributed by atoms with Gasteiger partial charge in [-0.05, 0) is 23.8 Å². The minimum absolute atomic E-state index is 0.265. The highest BCUT2D eigenvalue weighted by molar-refractivity contribution is 5.88. The summed E-state index contributed by atoms with van der Waals surface area (Å²) in [6.07, 6.45) is 0. The van der Waals surface area contributed by atoms with Crippen molar-refractivity contribution in [3.05, 3.63) is 54.1 Å². The second-order valence-corrected chi connectivity index (χ2v) is 4.44. The first-order valence-electron chi connectivity index (χ1n) is 6.09. The summed E-state index contributed by atoms with van der Waals surface area (Å²) in [5, 5.41) is 18.7. The number of aromatic carboxylic acids is 1. The Morgan fingerprint density at radius 1 is 1.05 bits per heavy atom. The molecule has 0 aliphatic rings. The Morgan fingerprint density at radius 3 is 2.30 bits per heavy atom. The summed E-state index contributed by atoms with van der Waals surface area (Å²) in [5.74, 6) is -0.933. The van der Waals surface area contributed by atoms with E-state index in [0.29, 0.717) is 0 Å². The molecule has 0 aliphatic heterocycles. The van der Waals surface area contributed by atoms with Crippen molar-refractivity contribution in [2.24, 2.45) is 10.3 Å². The van der Waals surface area contributed by atoms with E-state index in [9.17, 15) is 4.79 Å². The lowest BCUT2D eigenvalue weighted by atomic mass is 10.0. The second-order valence-electron chi connectivity index (χ2n) is 4.44. The quantitative estimate of drug-likeness (QED) is 0.681. The Labute approximate surface area is 117 Å². The summed E-state index contributed by atoms with van der Waals surface area (Å²) < 4.78 is 0. The van der Waals surface area contributed by atoms with Crippen LogP contribution in [0.4, 0.5) is 5.69 Å². The molecule has 5 nitrogen and oxygen atoms in total. The van der Waals surface area contributed by atoms with Crippen LogP contribution in [0.3, 0.4) is 0 Å². The third-order valence-electron chi connectivity index (χ3n) is 2.68. The van der Waals surface area contributed by atoms with E-state index in [4.69, 9.17) is 5.11 Å². The molecule has 2 aromatic rings. The molecule has 1 N–H and O–H groups in total. The van der Waals surface area contributed by atoms with Crippen LogP contribution in [0.5, 0.6) is 0 Å². The normalized spacial score (nSPS) is 10.7. The summed E-state index contributed by atoms with van der Waals surface area (Å²) in [5.41, 5.74) is 2.82. The largest absolute Gasteiger partial charge is 0.478 e. The van der Waals surface area contributed by atoms with E-state index in [1.54, 1.807) is 43.4 Å². The molecule has 2 rings (SSSR count). The summed E-state index contributed by atoms with van der Waals surface area (Å²) >= 11 is 0. The standard InChI is InChI=1S/C15H15N3O2/c1-18(2)17-16-14-6-4-3-5-13(14)11-7-9-12(10-8-11)15(19)20/h3-10H,1-2H3,(H,19,20). The molecule has 0 saturated heterocycles. The van der Waals surface area contributed by atoms with Gasteiger partial charge in [0.1, 0.15) is 0 Å². The minimum atomic E-state index is -0.933. The van der Waals surface area contributed by atoms with Crippen LogP contribution < -0.4 is 0 Å². The Bertz CT molecular complexity index is 634. The fourth-order valence-corrected chi connectivity index (χ4v) is 1.73. The molecule has 0 aliphatic carbocycles. The molecule has 0 radical (unpaired) electrons. The van der Waals surface area contributed by atoms with Gasteiger partial charge in [-0.15, -0.1) is 5.11 Å². The molecule has 0 spiro atoms. The number of hydrogen-bond acceptors (Lipinski definition) is 3. The molecular formula is C15H15N3O2. The second kappa shape index (κ2) is 5.97. The summed E-state index contributed by atoms with van der Waals surface area (Å²) in [6, 6.07) is 14.3. The highest BCUT2D eigenvalue weighted by Gasteiger charge is 2.06. The van der Waals surface area contributed by atoms with E-state index in [-0.39, 0.29) is 5.56 Å². The van der Waals surface area contributed by atoms with Gasteiger partial charge in [0.25, 0.3) is 0 Å². The Kier molecular flexibility index (Phi) is 4.10. The van der Waals surface area contributed by atoms with Crippen molar-refractivity contribution < 1.29 is 9.90 Å². The van der Waals surface area contributed by atoms with Gasteiger partial charge in [-0.3, -0.25) is 5.01 Å². The van der Waals surface area contributed by atoms with Crippen LogP contribution in [0.2, 0.25) is 0 Å². The average molecular weight is 269 g/mol. The van der Waals surface area contributed by atoms with Gasteiger partial charge < -0.3 is 5.11 Å². The Hall–Kier alpha value is -2.69. The van der Waals surface area contributed by atoms with Crippen molar-refractivity contribution >= 4 is 11.7 Å². The number of nitrogens with zero attached hydrogens (tertiary/aromatic N) is 3. The zero-order valence-corrected chi connectivity index (χ0v) is 11.3. The van der Waals surface area contributed by atoms with Crippen LogP contribution in [-0.2, 0) is 0 Å². The predicted octanol–water partition coefficient (Wildman–Crippen LogP) is 3.61. The molecule has 0 fully saturated rings. The molecule has 0 heterocycles. The number of benzene rings is 2. The van der Waals surface area contributed by atoms with Gasteiger partial charge >= 0.3 is 5.97 Å². The SMILES string of the molecule is CN(C)N=Nc1ccccc1-c1ccc(C(=O)O)cc1. The van der Waals surface area contributed by atoms with Crippen LogP contribution in [0.15, 0.2) is 58.9 Å². The lowest BCUT2D eigenvalue weighted by molar-refractivity contribution is 0.0697. The summed E-state index contributed by atoms with van der Waals surface area (Å²) in [7, 11) is 3.60. The first-order chi connectivity index (χ1) is 9.58. The maximum Gasteiger partial charge on any atom is 0.335 e. The fraction of sp³-hybridized carbons (Fsp3) is 0.133. The van der Waals surface area contributed by atoms with Crippen LogP contribution in [-0.4, -0.2) is 30.2 Å². The van der Waals surface area contributed by atoms with Crippen LogP contribution in [0, 0.1) is 0 Å². The maximum absolute atomic E-state index is 10.9. The van der Waals surface area contributed by atoms with Crippen LogP contribution >= 0.6 is 0 Å². The minimum Gasteiger partial charge on any atom is -0.478 e. The molecule has 0 unspecified atom stereocenters. The lowest BCUT2D eigenvalue weighted by Gasteiger charge is -2.06. The topological polar surface area (TPSA) is 65.3 Å². The molecular weight excluding hydrogens is 254 g/mol. The number of carboxylic acids is 1. The van der Waals surface area contributed by atoms with Crippen LogP contribution in [0.25, 0.3) is 11.1 Å². The first-order valence-corrected chi connectivity index (χ1v) is 6.09. The highest BCUT2D eigenvalue weighted by atomic mass is 16.4. The van der Waals surface area contributed by atoms with E-state index in [2.05, 4.69) is 10.3 Å². The monoisotopic (exact) mass is 269 g/mol. The Balaban J connectivity index is 2.39. The summed E-state index contributed by atoms with van der Waals surface area (Å²) in [6.45, 7) is 0. The average Bonchev–Trinajstić information content (AvgIpc) is 2.45. The lowest BCUT2D eigenvalue weighted by Crippen LogP contribution is -1.99. The molecule has 102 valence electrons. The first kappa shape index (κ1) is 13.7. The molecule has 0 saturated carbocycles. The summed E-state index contributed by atoms with van der Waals surface area (Å²) in [4.78, 5) is 10.9. The molecule has 0 atom stereocenters. The van der Waals surface area contributed by atoms with Crippen molar-refractivity contribution in [2.75, 3.05) is 14.1 Å². The third kappa shape index (κ3) is 3.20. The fourth-order valence-electron chi connectivity index (χ4n) is 1.73. The number of carboxylic acid groups (broad SMARTS) is 1. The van der Waals surface area contributed by atoms with E-state index in [1.165, 1.54) is 0 Å². The molecule has 0 aromatic heterocycles. The highest BCUT2D eigenvalue weighted by Crippen LogP contribution is 2.30. The number of hydrogen-bond donors (Lipinski definition) is 1. The van der Waals surface area contributed by atoms with E-state index in [0.717, 1.165) is 16.8 Å². The van der Waals surface area contributed by atoms with Gasteiger partial charge in [0.05, 0.1) is 11.3 Å². The Morgan fingerprint density at radius 2 is 1.70 bits per heavy atom. The van der Waals surface area contributed by atoms with E-state index >= 15 is 0 Å². The zero-order valence-electron chi connectivity index (χ0n) is 11.3. The van der Waals surface area contributed by atoms with E-state index < -0.39 is 5.97 Å². The van der Waals surface area contributed by atoms with Gasteiger partial charge in [-0.25, -0.2) is 4.79 Å². The van der Waals surface area contributed by atoms with Gasteiger partial charge in [0.15, 0.2) is 0 Å². The van der Waals surface area contributed by atoms with Gasteiger partial charge in [0, 0.05) is 19.7 Å². The van der Waals surface area contributed by atoms with Gasteiger partial charge in [0.2, 0.25) is 0 Å². The van der Waals surface area contributed by atoms with Crippen LogP contribution in [0.1, 0.15) is 10.4 Å². The maximum atomic E-state index is 10.9. The van der Waals surface area contributed by atoms with Crippen molar-refractivity contribution in [1.82, 2.24) is 5.01 Å². The van der Waals surface area contributed by atoms with Crippen molar-refractivity contribution in [2.45, 2.75) is 0 Å². The van der Waals surface area contributed by atoms with Gasteiger partial charge in [-0.2, -0.15) is 0 Å². The molecule has 0 bridgehead atoms. The molecule has 20 heavy (non-hydrogen) atoms. The molecule has 5 heteroatoms. The molecule has 2 aromatic carbocycles. The number of carbonyl (C=O) groups is 1. The smallest absolute Gasteiger partial charge is 0.335 e.